The Morgan fingerprint density at radius 2 is 2.00 bits per heavy atom. The van der Waals surface area contributed by atoms with E-state index < -0.39 is 0 Å². The van der Waals surface area contributed by atoms with Gasteiger partial charge in [-0.05, 0) is 17.7 Å². The van der Waals surface area contributed by atoms with Gasteiger partial charge in [-0.25, -0.2) is 0 Å². The summed E-state index contributed by atoms with van der Waals surface area (Å²) in [6, 6.07) is 8.22. The van der Waals surface area contributed by atoms with E-state index in [0.717, 1.165) is 36.2 Å². The van der Waals surface area contributed by atoms with Gasteiger partial charge >= 0.3 is 0 Å². The third-order valence-corrected chi connectivity index (χ3v) is 4.12. The number of nitrogens with zero attached hydrogens (tertiary/aromatic N) is 2. The Morgan fingerprint density at radius 3 is 2.55 bits per heavy atom. The minimum atomic E-state index is 0. The summed E-state index contributed by atoms with van der Waals surface area (Å²) in [7, 11) is 0. The highest BCUT2D eigenvalue weighted by molar-refractivity contribution is 9.10. The minimum Gasteiger partial charge on any atom is -0.314 e. The maximum atomic E-state index is 9.04. The standard InChI is InChI=1S/C13H15BrClN3.2ClH/c14-12-9-10(15)1-2-11(12)13(3-4-16)18-7-5-17-6-8-18;;/h1-2,9,13,17H,3,5-8H2;2*1H/t13-;;/m0../s1. The molecule has 112 valence electrons. The molecule has 1 heterocycles. The number of nitriles is 1. The first kappa shape index (κ1) is 20.0. The van der Waals surface area contributed by atoms with Gasteiger partial charge in [0, 0.05) is 41.7 Å². The first-order chi connectivity index (χ1) is 8.72. The summed E-state index contributed by atoms with van der Waals surface area (Å²) in [6.07, 6.45) is 0.500. The molecule has 1 atom stereocenters. The average molecular weight is 402 g/mol. The van der Waals surface area contributed by atoms with E-state index in [9.17, 15) is 0 Å². The molecule has 0 saturated carbocycles. The summed E-state index contributed by atoms with van der Waals surface area (Å²) in [5.74, 6) is 0. The largest absolute Gasteiger partial charge is 0.314 e. The molecule has 1 fully saturated rings. The fourth-order valence-electron chi connectivity index (χ4n) is 2.29. The van der Waals surface area contributed by atoms with Crippen LogP contribution in [0, 0.1) is 11.3 Å². The van der Waals surface area contributed by atoms with Crippen LogP contribution in [0.3, 0.4) is 0 Å². The monoisotopic (exact) mass is 399 g/mol. The minimum absolute atomic E-state index is 0. The third-order valence-electron chi connectivity index (χ3n) is 3.20. The van der Waals surface area contributed by atoms with Crippen LogP contribution in [0.15, 0.2) is 22.7 Å². The average Bonchev–Trinajstić information content (AvgIpc) is 2.38. The third kappa shape index (κ3) is 5.07. The van der Waals surface area contributed by atoms with Crippen molar-refractivity contribution in [3.05, 3.63) is 33.3 Å². The summed E-state index contributed by atoms with van der Waals surface area (Å²) in [5.41, 5.74) is 1.14. The van der Waals surface area contributed by atoms with E-state index in [1.165, 1.54) is 0 Å². The van der Waals surface area contributed by atoms with Gasteiger partial charge in [0.05, 0.1) is 12.5 Å². The molecule has 7 heteroatoms. The molecule has 0 unspecified atom stereocenters. The Hall–Kier alpha value is -0.0200. The molecule has 0 spiro atoms. The maximum Gasteiger partial charge on any atom is 0.0641 e. The van der Waals surface area contributed by atoms with Crippen molar-refractivity contribution in [3.63, 3.8) is 0 Å². The molecule has 0 bridgehead atoms. The van der Waals surface area contributed by atoms with Crippen LogP contribution in [0.1, 0.15) is 18.0 Å². The molecule has 1 aromatic rings. The molecule has 0 amide bonds. The predicted octanol–water partition coefficient (Wildman–Crippen LogP) is 3.81. The Morgan fingerprint density at radius 1 is 1.35 bits per heavy atom. The molecule has 1 aromatic carbocycles. The quantitative estimate of drug-likeness (QED) is 0.837. The highest BCUT2D eigenvalue weighted by atomic mass is 79.9. The zero-order chi connectivity index (χ0) is 13.0. The Kier molecular flexibility index (Phi) is 9.82. The number of nitrogens with one attached hydrogen (secondary N) is 1. The molecule has 20 heavy (non-hydrogen) atoms. The zero-order valence-electron chi connectivity index (χ0n) is 10.8. The van der Waals surface area contributed by atoms with Crippen LogP contribution >= 0.6 is 52.3 Å². The first-order valence-electron chi connectivity index (χ1n) is 5.99. The highest BCUT2D eigenvalue weighted by Gasteiger charge is 2.23. The lowest BCUT2D eigenvalue weighted by Crippen LogP contribution is -2.45. The van der Waals surface area contributed by atoms with E-state index in [0.29, 0.717) is 11.4 Å². The lowest BCUT2D eigenvalue weighted by molar-refractivity contribution is 0.175. The van der Waals surface area contributed by atoms with Crippen molar-refractivity contribution in [2.75, 3.05) is 26.2 Å². The fourth-order valence-corrected chi connectivity index (χ4v) is 3.23. The van der Waals surface area contributed by atoms with E-state index in [2.05, 4.69) is 32.2 Å². The molecule has 0 aliphatic carbocycles. The van der Waals surface area contributed by atoms with Crippen molar-refractivity contribution in [2.45, 2.75) is 12.5 Å². The summed E-state index contributed by atoms with van der Waals surface area (Å²) in [5, 5.41) is 13.1. The Balaban J connectivity index is 0.00000180. The molecule has 1 aliphatic heterocycles. The van der Waals surface area contributed by atoms with Crippen LogP contribution in [0.2, 0.25) is 5.02 Å². The van der Waals surface area contributed by atoms with Crippen molar-refractivity contribution in [3.8, 4) is 6.07 Å². The molecule has 1 aliphatic rings. The van der Waals surface area contributed by atoms with Crippen molar-refractivity contribution < 1.29 is 0 Å². The van der Waals surface area contributed by atoms with E-state index in [1.807, 2.05) is 18.2 Å². The Labute approximate surface area is 145 Å². The van der Waals surface area contributed by atoms with Gasteiger partial charge < -0.3 is 5.32 Å². The molecule has 1 N–H and O–H groups in total. The van der Waals surface area contributed by atoms with Gasteiger partial charge in [-0.15, -0.1) is 24.8 Å². The fraction of sp³-hybridized carbons (Fsp3) is 0.462. The van der Waals surface area contributed by atoms with Gasteiger partial charge in [-0.1, -0.05) is 33.6 Å². The van der Waals surface area contributed by atoms with Gasteiger partial charge in [0.15, 0.2) is 0 Å². The van der Waals surface area contributed by atoms with Crippen LogP contribution < -0.4 is 5.32 Å². The van der Waals surface area contributed by atoms with Gasteiger partial charge in [-0.2, -0.15) is 5.26 Å². The summed E-state index contributed by atoms with van der Waals surface area (Å²) < 4.78 is 0.980. The smallest absolute Gasteiger partial charge is 0.0641 e. The van der Waals surface area contributed by atoms with Crippen LogP contribution in [0.5, 0.6) is 0 Å². The van der Waals surface area contributed by atoms with Gasteiger partial charge in [0.25, 0.3) is 0 Å². The normalized spacial score (nSPS) is 16.4. The van der Waals surface area contributed by atoms with Crippen LogP contribution in [-0.2, 0) is 0 Å². The Bertz CT molecular complexity index is 459. The molecule has 1 saturated heterocycles. The van der Waals surface area contributed by atoms with E-state index in [1.54, 1.807) is 0 Å². The lowest BCUT2D eigenvalue weighted by atomic mass is 10.0. The first-order valence-corrected chi connectivity index (χ1v) is 7.16. The number of benzene rings is 1. The summed E-state index contributed by atoms with van der Waals surface area (Å²) >= 11 is 9.51. The van der Waals surface area contributed by atoms with E-state index in [-0.39, 0.29) is 30.9 Å². The number of halogens is 4. The van der Waals surface area contributed by atoms with E-state index >= 15 is 0 Å². The number of hydrogen-bond donors (Lipinski definition) is 1. The molecule has 3 nitrogen and oxygen atoms in total. The van der Waals surface area contributed by atoms with E-state index in [4.69, 9.17) is 16.9 Å². The second-order valence-corrected chi connectivity index (χ2v) is 5.62. The number of hydrogen-bond acceptors (Lipinski definition) is 3. The zero-order valence-corrected chi connectivity index (χ0v) is 14.8. The highest BCUT2D eigenvalue weighted by Crippen LogP contribution is 2.32. The van der Waals surface area contributed by atoms with Crippen LogP contribution in [0.4, 0.5) is 0 Å². The summed E-state index contributed by atoms with van der Waals surface area (Å²) in [4.78, 5) is 2.35. The molecular weight excluding hydrogens is 384 g/mol. The summed E-state index contributed by atoms with van der Waals surface area (Å²) in [6.45, 7) is 3.91. The lowest BCUT2D eigenvalue weighted by Gasteiger charge is -2.34. The van der Waals surface area contributed by atoms with Gasteiger partial charge in [0.1, 0.15) is 0 Å². The molecule has 0 aromatic heterocycles. The van der Waals surface area contributed by atoms with Crippen molar-refractivity contribution in [2.24, 2.45) is 0 Å². The second kappa shape index (κ2) is 9.83. The van der Waals surface area contributed by atoms with Crippen molar-refractivity contribution in [1.82, 2.24) is 10.2 Å². The van der Waals surface area contributed by atoms with Gasteiger partial charge in [0.2, 0.25) is 0 Å². The topological polar surface area (TPSA) is 39.1 Å². The molecule has 2 rings (SSSR count). The SMILES string of the molecule is Cl.Cl.N#CC[C@@H](c1ccc(Cl)cc1Br)N1CCNCC1. The van der Waals surface area contributed by atoms with Crippen LogP contribution in [-0.4, -0.2) is 31.1 Å². The molecular formula is C13H17BrCl3N3. The van der Waals surface area contributed by atoms with Gasteiger partial charge in [-0.3, -0.25) is 4.90 Å². The molecule has 0 radical (unpaired) electrons. The van der Waals surface area contributed by atoms with Crippen LogP contribution in [0.25, 0.3) is 0 Å². The number of piperazine rings is 1. The van der Waals surface area contributed by atoms with Crippen molar-refractivity contribution in [1.29, 1.82) is 5.26 Å². The second-order valence-electron chi connectivity index (χ2n) is 4.33. The van der Waals surface area contributed by atoms with Crippen molar-refractivity contribution >= 4 is 52.3 Å². The number of rotatable bonds is 3. The predicted molar refractivity (Wildman–Crippen MR) is 91.1 cm³/mol. The maximum absolute atomic E-state index is 9.04.